The summed E-state index contributed by atoms with van der Waals surface area (Å²) in [5.41, 5.74) is 0.913. The highest BCUT2D eigenvalue weighted by Crippen LogP contribution is 2.22. The largest absolute Gasteiger partial charge is 0.478 e. The molecule has 0 aliphatic rings. The molecule has 0 radical (unpaired) electrons. The van der Waals surface area contributed by atoms with Gasteiger partial charge in [0.1, 0.15) is 5.82 Å². The number of carbonyl (C=O) groups excluding carboxylic acids is 2. The molecule has 0 saturated carbocycles. The number of benzene rings is 2. The minimum atomic E-state index is -1.21. The molecule has 2 N–H and O–H groups in total. The smallest absolute Gasteiger partial charge is 0.328 e. The van der Waals surface area contributed by atoms with E-state index in [1.165, 1.54) is 36.0 Å². The van der Waals surface area contributed by atoms with Crippen molar-refractivity contribution in [3.8, 4) is 0 Å². The summed E-state index contributed by atoms with van der Waals surface area (Å²) in [4.78, 5) is 34.7. The fourth-order valence-electron chi connectivity index (χ4n) is 1.86. The SMILES string of the molecule is O=C(O)/C=C/C(=O)Nc1cccc(SCC(=O)c2ccc(F)cc2)c1. The number of aliphatic carboxylic acids is 1. The standard InChI is InChI=1S/C18H14FNO4S/c19-13-6-4-12(5-7-13)16(21)11-25-15-3-1-2-14(10-15)20-17(22)8-9-18(23)24/h1-10H,11H2,(H,20,22)(H,23,24)/b9-8+. The summed E-state index contributed by atoms with van der Waals surface area (Å²) in [7, 11) is 0. The zero-order valence-corrected chi connectivity index (χ0v) is 13.8. The lowest BCUT2D eigenvalue weighted by Crippen LogP contribution is -2.08. The number of thioether (sulfide) groups is 1. The van der Waals surface area contributed by atoms with Gasteiger partial charge in [-0.25, -0.2) is 9.18 Å². The number of hydrogen-bond acceptors (Lipinski definition) is 4. The van der Waals surface area contributed by atoms with Crippen LogP contribution in [0.25, 0.3) is 0 Å². The van der Waals surface area contributed by atoms with E-state index < -0.39 is 17.7 Å². The topological polar surface area (TPSA) is 83.5 Å². The summed E-state index contributed by atoms with van der Waals surface area (Å²) in [6.45, 7) is 0. The van der Waals surface area contributed by atoms with Crippen molar-refractivity contribution in [2.24, 2.45) is 0 Å². The molecule has 0 heterocycles. The second kappa shape index (κ2) is 8.79. The Morgan fingerprint density at radius 3 is 2.48 bits per heavy atom. The summed E-state index contributed by atoms with van der Waals surface area (Å²) in [6.07, 6.45) is 1.66. The predicted octanol–water partition coefficient (Wildman–Crippen LogP) is 3.38. The van der Waals surface area contributed by atoms with Crippen LogP contribution in [0.1, 0.15) is 10.4 Å². The van der Waals surface area contributed by atoms with E-state index in [0.29, 0.717) is 11.3 Å². The number of ketones is 1. The normalized spacial score (nSPS) is 10.6. The minimum absolute atomic E-state index is 0.135. The number of carbonyl (C=O) groups is 3. The highest BCUT2D eigenvalue weighted by Gasteiger charge is 2.07. The molecular formula is C18H14FNO4S. The molecule has 0 bridgehead atoms. The van der Waals surface area contributed by atoms with E-state index in [0.717, 1.165) is 17.0 Å². The minimum Gasteiger partial charge on any atom is -0.478 e. The van der Waals surface area contributed by atoms with Crippen molar-refractivity contribution in [3.05, 3.63) is 72.1 Å². The van der Waals surface area contributed by atoms with Gasteiger partial charge >= 0.3 is 5.97 Å². The molecular weight excluding hydrogens is 345 g/mol. The molecule has 0 unspecified atom stereocenters. The number of anilines is 1. The lowest BCUT2D eigenvalue weighted by atomic mass is 10.1. The second-order valence-corrected chi connectivity index (χ2v) is 5.96. The van der Waals surface area contributed by atoms with Gasteiger partial charge in [0.15, 0.2) is 5.78 Å². The molecule has 2 rings (SSSR count). The van der Waals surface area contributed by atoms with Gasteiger partial charge in [0.25, 0.3) is 0 Å². The number of amides is 1. The molecule has 0 atom stereocenters. The van der Waals surface area contributed by atoms with Crippen LogP contribution >= 0.6 is 11.8 Å². The molecule has 0 aliphatic carbocycles. The van der Waals surface area contributed by atoms with E-state index >= 15 is 0 Å². The van der Waals surface area contributed by atoms with Gasteiger partial charge in [-0.2, -0.15) is 0 Å². The lowest BCUT2D eigenvalue weighted by Gasteiger charge is -2.06. The zero-order valence-electron chi connectivity index (χ0n) is 12.9. The van der Waals surface area contributed by atoms with Crippen LogP contribution in [0.2, 0.25) is 0 Å². The molecule has 2 aromatic rings. The molecule has 0 saturated heterocycles. The van der Waals surface area contributed by atoms with Gasteiger partial charge in [0, 0.05) is 28.3 Å². The van der Waals surface area contributed by atoms with Crippen LogP contribution in [0, 0.1) is 5.82 Å². The van der Waals surface area contributed by atoms with Crippen molar-refractivity contribution in [1.29, 1.82) is 0 Å². The van der Waals surface area contributed by atoms with Crippen LogP contribution in [0.4, 0.5) is 10.1 Å². The Labute approximate surface area is 147 Å². The van der Waals surface area contributed by atoms with Crippen molar-refractivity contribution in [2.75, 3.05) is 11.1 Å². The summed E-state index contributed by atoms with van der Waals surface area (Å²) in [6, 6.07) is 12.2. The lowest BCUT2D eigenvalue weighted by molar-refractivity contribution is -0.131. The van der Waals surface area contributed by atoms with Crippen LogP contribution in [0.5, 0.6) is 0 Å². The van der Waals surface area contributed by atoms with E-state index in [9.17, 15) is 18.8 Å². The van der Waals surface area contributed by atoms with Gasteiger partial charge in [0.2, 0.25) is 5.91 Å². The van der Waals surface area contributed by atoms with E-state index in [-0.39, 0.29) is 11.5 Å². The van der Waals surface area contributed by atoms with Gasteiger partial charge in [-0.05, 0) is 42.5 Å². The van der Waals surface area contributed by atoms with Crippen molar-refractivity contribution >= 4 is 35.1 Å². The van der Waals surface area contributed by atoms with Gasteiger partial charge in [0.05, 0.1) is 5.75 Å². The maximum absolute atomic E-state index is 12.9. The van der Waals surface area contributed by atoms with Crippen molar-refractivity contribution in [3.63, 3.8) is 0 Å². The number of hydrogen-bond donors (Lipinski definition) is 2. The first-order valence-electron chi connectivity index (χ1n) is 7.17. The second-order valence-electron chi connectivity index (χ2n) is 4.91. The van der Waals surface area contributed by atoms with Crippen LogP contribution in [-0.4, -0.2) is 28.5 Å². The summed E-state index contributed by atoms with van der Waals surface area (Å²) >= 11 is 1.28. The molecule has 0 spiro atoms. The van der Waals surface area contributed by atoms with Crippen LogP contribution in [0.15, 0.2) is 65.6 Å². The van der Waals surface area contributed by atoms with Crippen LogP contribution in [-0.2, 0) is 9.59 Å². The molecule has 5 nitrogen and oxygen atoms in total. The fourth-order valence-corrected chi connectivity index (χ4v) is 2.71. The maximum atomic E-state index is 12.9. The molecule has 0 aliphatic heterocycles. The molecule has 0 aromatic heterocycles. The summed E-state index contributed by atoms with van der Waals surface area (Å²) in [5, 5.41) is 11.0. The highest BCUT2D eigenvalue weighted by molar-refractivity contribution is 8.00. The van der Waals surface area contributed by atoms with Crippen molar-refractivity contribution < 1.29 is 23.9 Å². The zero-order chi connectivity index (χ0) is 18.2. The van der Waals surface area contributed by atoms with E-state index in [2.05, 4.69) is 5.32 Å². The molecule has 25 heavy (non-hydrogen) atoms. The van der Waals surface area contributed by atoms with Crippen LogP contribution in [0.3, 0.4) is 0 Å². The third-order valence-electron chi connectivity index (χ3n) is 3.01. The first-order chi connectivity index (χ1) is 11.9. The fraction of sp³-hybridized carbons (Fsp3) is 0.0556. The number of Topliss-reactive ketones (excluding diaryl/α,β-unsaturated/α-hetero) is 1. The van der Waals surface area contributed by atoms with Gasteiger partial charge in [-0.3, -0.25) is 9.59 Å². The van der Waals surface area contributed by atoms with Gasteiger partial charge < -0.3 is 10.4 Å². The van der Waals surface area contributed by atoms with Crippen LogP contribution < -0.4 is 5.32 Å². The Hall–Kier alpha value is -2.93. The molecule has 1 amide bonds. The summed E-state index contributed by atoms with van der Waals surface area (Å²) in [5.74, 6) is -2.14. The van der Waals surface area contributed by atoms with Gasteiger partial charge in [-0.1, -0.05) is 6.07 Å². The van der Waals surface area contributed by atoms with Crippen molar-refractivity contribution in [2.45, 2.75) is 4.90 Å². The maximum Gasteiger partial charge on any atom is 0.328 e. The Morgan fingerprint density at radius 1 is 1.08 bits per heavy atom. The average molecular weight is 359 g/mol. The predicted molar refractivity (Wildman–Crippen MR) is 93.3 cm³/mol. The van der Waals surface area contributed by atoms with E-state index in [1.54, 1.807) is 24.3 Å². The molecule has 2 aromatic carbocycles. The van der Waals surface area contributed by atoms with Gasteiger partial charge in [-0.15, -0.1) is 11.8 Å². The van der Waals surface area contributed by atoms with E-state index in [4.69, 9.17) is 5.11 Å². The third kappa shape index (κ3) is 6.23. The molecule has 128 valence electrons. The number of carboxylic acid groups (broad SMARTS) is 1. The Morgan fingerprint density at radius 2 is 1.80 bits per heavy atom. The number of carboxylic acids is 1. The Bertz CT molecular complexity index is 818. The number of nitrogens with one attached hydrogen (secondary N) is 1. The number of halogens is 1. The Balaban J connectivity index is 1.94. The number of rotatable bonds is 7. The quantitative estimate of drug-likeness (QED) is 0.450. The molecule has 0 fully saturated rings. The Kier molecular flexibility index (Phi) is 6.47. The highest BCUT2D eigenvalue weighted by atomic mass is 32.2. The first-order valence-corrected chi connectivity index (χ1v) is 8.16. The monoisotopic (exact) mass is 359 g/mol. The summed E-state index contributed by atoms with van der Waals surface area (Å²) < 4.78 is 12.9. The average Bonchev–Trinajstić information content (AvgIpc) is 2.59. The molecule has 7 heteroatoms. The third-order valence-corrected chi connectivity index (χ3v) is 4.01. The van der Waals surface area contributed by atoms with E-state index in [1.807, 2.05) is 0 Å². The van der Waals surface area contributed by atoms with Crippen molar-refractivity contribution in [1.82, 2.24) is 0 Å². The first kappa shape index (κ1) is 18.4.